The van der Waals surface area contributed by atoms with Crippen molar-refractivity contribution in [2.24, 2.45) is 0 Å². The van der Waals surface area contributed by atoms with Gasteiger partial charge in [-0.3, -0.25) is 9.59 Å². The first-order valence-electron chi connectivity index (χ1n) is 10.8. The number of aliphatic hydroxyl groups is 1. The van der Waals surface area contributed by atoms with Crippen LogP contribution in [0.2, 0.25) is 0 Å². The fourth-order valence-corrected chi connectivity index (χ4v) is 3.89. The number of amides is 1. The van der Waals surface area contributed by atoms with E-state index in [0.29, 0.717) is 30.0 Å². The van der Waals surface area contributed by atoms with E-state index in [1.54, 1.807) is 43.3 Å². The number of phenols is 1. The van der Waals surface area contributed by atoms with Crippen molar-refractivity contribution >= 4 is 17.4 Å². The zero-order chi connectivity index (χ0) is 23.3. The fraction of sp³-hybridized carbons (Fsp3) is 0.360. The molecule has 7 heteroatoms. The molecule has 1 fully saturated rings. The minimum absolute atomic E-state index is 0.00731. The Kier molecular flexibility index (Phi) is 7.41. The van der Waals surface area contributed by atoms with Crippen LogP contribution in [0.15, 0.2) is 48.0 Å². The fourth-order valence-electron chi connectivity index (χ4n) is 3.89. The Hall–Kier alpha value is -3.48. The highest BCUT2D eigenvalue weighted by atomic mass is 16.5. The summed E-state index contributed by atoms with van der Waals surface area (Å²) >= 11 is 0. The van der Waals surface area contributed by atoms with Crippen molar-refractivity contribution in [1.29, 1.82) is 0 Å². The van der Waals surface area contributed by atoms with Crippen LogP contribution in [-0.4, -0.2) is 47.1 Å². The number of ketones is 1. The highest BCUT2D eigenvalue weighted by Crippen LogP contribution is 2.42. The van der Waals surface area contributed by atoms with Crippen LogP contribution < -0.4 is 9.47 Å². The molecule has 1 aliphatic rings. The lowest BCUT2D eigenvalue weighted by Gasteiger charge is -2.26. The number of ether oxygens (including phenoxy) is 2. The second-order valence-corrected chi connectivity index (χ2v) is 7.59. The molecule has 0 aromatic heterocycles. The molecule has 2 aromatic rings. The lowest BCUT2D eigenvalue weighted by Crippen LogP contribution is -2.30. The molecule has 1 unspecified atom stereocenters. The van der Waals surface area contributed by atoms with Gasteiger partial charge < -0.3 is 24.6 Å². The molecule has 32 heavy (non-hydrogen) atoms. The molecular formula is C25H29NO6. The summed E-state index contributed by atoms with van der Waals surface area (Å²) in [7, 11) is 1.51. The summed E-state index contributed by atoms with van der Waals surface area (Å²) in [5, 5.41) is 21.2. The van der Waals surface area contributed by atoms with Crippen LogP contribution in [0.3, 0.4) is 0 Å². The number of Topliss-reactive ketones (excluding diaryl/α,β-unsaturated/α-hetero) is 1. The molecule has 1 amide bonds. The number of benzene rings is 2. The van der Waals surface area contributed by atoms with E-state index in [9.17, 15) is 19.8 Å². The monoisotopic (exact) mass is 439 g/mol. The molecule has 0 bridgehead atoms. The number of unbranched alkanes of at least 4 members (excludes halogenated alkanes) is 2. The first kappa shape index (κ1) is 23.2. The molecule has 2 aromatic carbocycles. The Morgan fingerprint density at radius 1 is 1.09 bits per heavy atom. The number of hydrogen-bond donors (Lipinski definition) is 2. The zero-order valence-electron chi connectivity index (χ0n) is 18.6. The molecule has 7 nitrogen and oxygen atoms in total. The molecule has 1 heterocycles. The van der Waals surface area contributed by atoms with E-state index >= 15 is 0 Å². The van der Waals surface area contributed by atoms with Crippen LogP contribution in [-0.2, 0) is 9.59 Å². The number of rotatable bonds is 9. The number of nitrogens with zero attached hydrogens (tertiary/aromatic N) is 1. The minimum atomic E-state index is -0.794. The Bertz CT molecular complexity index is 1030. The summed E-state index contributed by atoms with van der Waals surface area (Å²) in [4.78, 5) is 27.5. The molecular weight excluding hydrogens is 410 g/mol. The van der Waals surface area contributed by atoms with Gasteiger partial charge in [0.25, 0.3) is 11.7 Å². The van der Waals surface area contributed by atoms with Crippen molar-refractivity contribution < 1.29 is 29.3 Å². The molecule has 1 aliphatic heterocycles. The molecule has 3 rings (SSSR count). The topological polar surface area (TPSA) is 96.3 Å². The van der Waals surface area contributed by atoms with Gasteiger partial charge in [0.2, 0.25) is 0 Å². The average Bonchev–Trinajstić information content (AvgIpc) is 3.05. The van der Waals surface area contributed by atoms with Crippen LogP contribution >= 0.6 is 0 Å². The number of likely N-dealkylation sites (tertiary alicyclic amines) is 1. The highest BCUT2D eigenvalue weighted by molar-refractivity contribution is 6.46. The molecule has 2 N–H and O–H groups in total. The van der Waals surface area contributed by atoms with E-state index in [-0.39, 0.29) is 22.8 Å². The van der Waals surface area contributed by atoms with E-state index in [1.165, 1.54) is 18.1 Å². The smallest absolute Gasteiger partial charge is 0.295 e. The standard InChI is InChI=1S/C25H29NO6/c1-4-6-7-13-26-22(16-11-12-19(27)20(15-16)32-5-2)21(24(29)25(26)30)23(28)17-9-8-10-18(14-17)31-3/h8-12,14-15,22,27-28H,4-7,13H2,1-3H3/b23-21-. The van der Waals surface area contributed by atoms with Gasteiger partial charge in [-0.25, -0.2) is 0 Å². The van der Waals surface area contributed by atoms with Gasteiger partial charge in [-0.2, -0.15) is 0 Å². The van der Waals surface area contributed by atoms with Crippen molar-refractivity contribution in [2.75, 3.05) is 20.3 Å². The number of carbonyl (C=O) groups is 2. The maximum Gasteiger partial charge on any atom is 0.295 e. The highest BCUT2D eigenvalue weighted by Gasteiger charge is 2.46. The van der Waals surface area contributed by atoms with Crippen molar-refractivity contribution in [3.05, 3.63) is 59.2 Å². The van der Waals surface area contributed by atoms with Gasteiger partial charge in [0.15, 0.2) is 11.5 Å². The Labute approximate surface area is 187 Å². The van der Waals surface area contributed by atoms with Crippen LogP contribution in [0.4, 0.5) is 0 Å². The Morgan fingerprint density at radius 2 is 1.88 bits per heavy atom. The van der Waals surface area contributed by atoms with Crippen LogP contribution in [0.5, 0.6) is 17.2 Å². The van der Waals surface area contributed by atoms with Gasteiger partial charge in [0.1, 0.15) is 11.5 Å². The third-order valence-electron chi connectivity index (χ3n) is 5.49. The largest absolute Gasteiger partial charge is 0.507 e. The van der Waals surface area contributed by atoms with Crippen LogP contribution in [0.1, 0.15) is 50.3 Å². The molecule has 1 saturated heterocycles. The average molecular weight is 440 g/mol. The van der Waals surface area contributed by atoms with Gasteiger partial charge in [0, 0.05) is 12.1 Å². The minimum Gasteiger partial charge on any atom is -0.507 e. The van der Waals surface area contributed by atoms with Crippen molar-refractivity contribution in [3.8, 4) is 17.2 Å². The van der Waals surface area contributed by atoms with Crippen LogP contribution in [0.25, 0.3) is 5.76 Å². The number of hydrogen-bond acceptors (Lipinski definition) is 6. The van der Waals surface area contributed by atoms with E-state index in [4.69, 9.17) is 9.47 Å². The van der Waals surface area contributed by atoms with Gasteiger partial charge in [-0.1, -0.05) is 38.0 Å². The van der Waals surface area contributed by atoms with Crippen molar-refractivity contribution in [3.63, 3.8) is 0 Å². The number of aromatic hydroxyl groups is 1. The molecule has 0 saturated carbocycles. The van der Waals surface area contributed by atoms with Gasteiger partial charge in [-0.05, 0) is 43.2 Å². The molecule has 170 valence electrons. The summed E-state index contributed by atoms with van der Waals surface area (Å²) in [5.74, 6) is -0.918. The molecule has 0 radical (unpaired) electrons. The molecule has 0 aliphatic carbocycles. The third-order valence-corrected chi connectivity index (χ3v) is 5.49. The van der Waals surface area contributed by atoms with E-state index in [0.717, 1.165) is 19.3 Å². The summed E-state index contributed by atoms with van der Waals surface area (Å²) in [6, 6.07) is 10.6. The summed E-state index contributed by atoms with van der Waals surface area (Å²) in [5.41, 5.74) is 0.962. The molecule has 1 atom stereocenters. The predicted octanol–water partition coefficient (Wildman–Crippen LogP) is 4.41. The number of phenolic OH excluding ortho intramolecular Hbond substituents is 1. The lowest BCUT2D eigenvalue weighted by atomic mass is 9.94. The summed E-state index contributed by atoms with van der Waals surface area (Å²) in [6.45, 7) is 4.58. The second kappa shape index (κ2) is 10.2. The number of methoxy groups -OCH3 is 1. The third kappa shape index (κ3) is 4.56. The number of aliphatic hydroxyl groups excluding tert-OH is 1. The maximum atomic E-state index is 13.1. The quantitative estimate of drug-likeness (QED) is 0.260. The summed E-state index contributed by atoms with van der Waals surface area (Å²) in [6.07, 6.45) is 2.60. The van der Waals surface area contributed by atoms with E-state index in [2.05, 4.69) is 6.92 Å². The second-order valence-electron chi connectivity index (χ2n) is 7.59. The maximum absolute atomic E-state index is 13.1. The lowest BCUT2D eigenvalue weighted by molar-refractivity contribution is -0.139. The summed E-state index contributed by atoms with van der Waals surface area (Å²) < 4.78 is 10.7. The first-order chi connectivity index (χ1) is 15.4. The first-order valence-corrected chi connectivity index (χ1v) is 10.8. The Morgan fingerprint density at radius 3 is 2.56 bits per heavy atom. The van der Waals surface area contributed by atoms with E-state index < -0.39 is 17.7 Å². The van der Waals surface area contributed by atoms with Crippen molar-refractivity contribution in [2.45, 2.75) is 39.2 Å². The van der Waals surface area contributed by atoms with Crippen molar-refractivity contribution in [1.82, 2.24) is 4.90 Å². The van der Waals surface area contributed by atoms with E-state index in [1.807, 2.05) is 0 Å². The molecule has 0 spiro atoms. The van der Waals surface area contributed by atoms with Crippen LogP contribution in [0, 0.1) is 0 Å². The predicted molar refractivity (Wildman–Crippen MR) is 121 cm³/mol. The SMILES string of the molecule is CCCCCN1C(=O)C(=O)/C(=C(\O)c2cccc(OC)c2)C1c1ccc(O)c(OCC)c1. The van der Waals surface area contributed by atoms with Gasteiger partial charge in [0.05, 0.1) is 25.3 Å². The number of carbonyl (C=O) groups excluding carboxylic acids is 2. The normalized spacial score (nSPS) is 17.6. The Balaban J connectivity index is 2.16. The van der Waals surface area contributed by atoms with Gasteiger partial charge in [-0.15, -0.1) is 0 Å². The zero-order valence-corrected chi connectivity index (χ0v) is 18.6. The van der Waals surface area contributed by atoms with Gasteiger partial charge >= 0.3 is 0 Å².